The summed E-state index contributed by atoms with van der Waals surface area (Å²) in [4.78, 5) is 22.2. The maximum Gasteiger partial charge on any atom is 0.297 e. The lowest BCUT2D eigenvalue weighted by molar-refractivity contribution is 0.0878. The third kappa shape index (κ3) is 5.25. The van der Waals surface area contributed by atoms with E-state index in [9.17, 15) is 15.0 Å². The molecule has 236 valence electrons. The normalized spacial score (nSPS) is 19.4. The maximum atomic E-state index is 13.7. The predicted octanol–water partition coefficient (Wildman–Crippen LogP) is 1.76. The van der Waals surface area contributed by atoms with Gasteiger partial charge in [-0.3, -0.25) is 18.8 Å². The number of ether oxygens (including phenoxy) is 1. The molecule has 0 amide bonds. The van der Waals surface area contributed by atoms with E-state index < -0.39 is 6.23 Å². The van der Waals surface area contributed by atoms with Crippen molar-refractivity contribution in [3.63, 3.8) is 0 Å². The third-order valence-corrected chi connectivity index (χ3v) is 9.02. The second kappa shape index (κ2) is 11.2. The van der Waals surface area contributed by atoms with Crippen molar-refractivity contribution in [1.29, 1.82) is 0 Å². The van der Waals surface area contributed by atoms with Crippen LogP contribution in [0.5, 0.6) is 0 Å². The summed E-state index contributed by atoms with van der Waals surface area (Å²) >= 11 is 0. The quantitative estimate of drug-likeness (QED) is 0.270. The summed E-state index contributed by atoms with van der Waals surface area (Å²) in [5.41, 5.74) is 6.16. The van der Waals surface area contributed by atoms with Gasteiger partial charge in [-0.2, -0.15) is 14.9 Å². The van der Waals surface area contributed by atoms with Crippen LogP contribution in [0, 0.1) is 5.41 Å². The van der Waals surface area contributed by atoms with Crippen LogP contribution in [0.3, 0.4) is 0 Å². The van der Waals surface area contributed by atoms with Gasteiger partial charge in [-0.15, -0.1) is 0 Å². The molecule has 6 heterocycles. The van der Waals surface area contributed by atoms with Crippen LogP contribution in [-0.4, -0.2) is 89.0 Å². The minimum absolute atomic E-state index is 0.152. The van der Waals surface area contributed by atoms with E-state index >= 15 is 0 Å². The first-order valence-electron chi connectivity index (χ1n) is 15.2. The Morgan fingerprint density at radius 1 is 1.20 bits per heavy atom. The molecule has 0 radical (unpaired) electrons. The number of fused-ring (bicyclic) bond motifs is 4. The fourth-order valence-electron chi connectivity index (χ4n) is 6.78. The smallest absolute Gasteiger partial charge is 0.297 e. The largest absolute Gasteiger partial charge is 0.392 e. The van der Waals surface area contributed by atoms with Crippen molar-refractivity contribution in [2.45, 2.75) is 52.6 Å². The summed E-state index contributed by atoms with van der Waals surface area (Å²) in [6.07, 6.45) is 7.76. The zero-order valence-corrected chi connectivity index (χ0v) is 26.1. The number of hydrogen-bond donors (Lipinski definition) is 3. The second-order valence-corrected chi connectivity index (χ2v) is 12.9. The fraction of sp³-hybridized carbons (Fsp3) is 0.438. The Bertz CT molecular complexity index is 1900. The Hall–Kier alpha value is -4.30. The Balaban J connectivity index is 1.20. The monoisotopic (exact) mass is 613 g/mol. The summed E-state index contributed by atoms with van der Waals surface area (Å²) in [5.74, 6) is 0.907. The highest BCUT2D eigenvalue weighted by molar-refractivity contribution is 5.79. The molecular weight excluding hydrogens is 574 g/mol. The van der Waals surface area contributed by atoms with Gasteiger partial charge < -0.3 is 25.2 Å². The number of rotatable bonds is 8. The minimum Gasteiger partial charge on any atom is -0.392 e. The molecule has 45 heavy (non-hydrogen) atoms. The number of aromatic nitrogens is 6. The van der Waals surface area contributed by atoms with Crippen LogP contribution in [0.25, 0.3) is 16.9 Å². The number of hydrogen-bond acceptors (Lipinski definition) is 10. The molecule has 3 N–H and O–H groups in total. The average molecular weight is 614 g/mol. The van der Waals surface area contributed by atoms with Crippen molar-refractivity contribution in [2.75, 3.05) is 39.2 Å². The van der Waals surface area contributed by atoms with E-state index in [0.717, 1.165) is 56.0 Å². The van der Waals surface area contributed by atoms with Crippen LogP contribution < -0.4 is 10.9 Å². The summed E-state index contributed by atoms with van der Waals surface area (Å²) in [6.45, 7) is 8.06. The van der Waals surface area contributed by atoms with Crippen LogP contribution in [-0.2, 0) is 37.3 Å². The van der Waals surface area contributed by atoms with Gasteiger partial charge in [0.1, 0.15) is 11.8 Å². The SMILES string of the molecule is COCCN1CCn2nc(NC3=CC(c4ccnc(-n5ncn6c7c(cc6c5=O)CC(C)(C)C7)c4CO)=CN(C)C3O)cc2C1. The molecule has 0 fully saturated rings. The second-order valence-electron chi connectivity index (χ2n) is 12.9. The number of nitrogens with zero attached hydrogens (tertiary/aromatic N) is 8. The number of allylic oxidation sites excluding steroid dienone is 2. The molecule has 13 heteroatoms. The van der Waals surface area contributed by atoms with Crippen molar-refractivity contribution in [2.24, 2.45) is 5.41 Å². The molecular formula is C32H39N9O4. The molecule has 0 saturated heterocycles. The molecule has 1 unspecified atom stereocenters. The van der Waals surface area contributed by atoms with Gasteiger partial charge >= 0.3 is 0 Å². The molecule has 0 aromatic carbocycles. The molecule has 7 rings (SSSR count). The molecule has 13 nitrogen and oxygen atoms in total. The van der Waals surface area contributed by atoms with Crippen LogP contribution in [0.15, 0.2) is 53.5 Å². The van der Waals surface area contributed by atoms with Crippen LogP contribution in [0.2, 0.25) is 0 Å². The van der Waals surface area contributed by atoms with Crippen LogP contribution in [0.1, 0.15) is 41.9 Å². The molecule has 4 aromatic rings. The van der Waals surface area contributed by atoms with E-state index in [-0.39, 0.29) is 23.4 Å². The Morgan fingerprint density at radius 2 is 2.04 bits per heavy atom. The number of methoxy groups -OCH3 is 1. The molecule has 3 aliphatic rings. The lowest BCUT2D eigenvalue weighted by Gasteiger charge is -2.30. The van der Waals surface area contributed by atoms with E-state index in [0.29, 0.717) is 34.8 Å². The van der Waals surface area contributed by atoms with Crippen LogP contribution >= 0.6 is 0 Å². The Morgan fingerprint density at radius 3 is 2.84 bits per heavy atom. The van der Waals surface area contributed by atoms with E-state index in [1.165, 1.54) is 10.2 Å². The van der Waals surface area contributed by atoms with Gasteiger partial charge in [-0.25, -0.2) is 4.98 Å². The van der Waals surface area contributed by atoms with Crippen molar-refractivity contribution in [3.05, 3.63) is 87.1 Å². The minimum atomic E-state index is -0.933. The highest BCUT2D eigenvalue weighted by atomic mass is 16.5. The molecule has 0 saturated carbocycles. The number of pyridine rings is 1. The predicted molar refractivity (Wildman–Crippen MR) is 169 cm³/mol. The van der Waals surface area contributed by atoms with Gasteiger partial charge in [-0.1, -0.05) is 13.8 Å². The average Bonchev–Trinajstić information content (AvgIpc) is 3.67. The Kier molecular flexibility index (Phi) is 7.35. The number of likely N-dealkylation sites (N-methyl/N-ethyl adjacent to an activating group) is 1. The van der Waals surface area contributed by atoms with Crippen LogP contribution in [0.4, 0.5) is 5.82 Å². The first-order chi connectivity index (χ1) is 21.7. The van der Waals surface area contributed by atoms with Gasteiger partial charge in [0.2, 0.25) is 0 Å². The summed E-state index contributed by atoms with van der Waals surface area (Å²) < 4.78 is 10.4. The first kappa shape index (κ1) is 29.4. The van der Waals surface area contributed by atoms with Gasteiger partial charge in [0.05, 0.1) is 31.1 Å². The summed E-state index contributed by atoms with van der Waals surface area (Å²) in [6, 6.07) is 5.75. The summed E-state index contributed by atoms with van der Waals surface area (Å²) in [7, 11) is 3.49. The van der Waals surface area contributed by atoms with Gasteiger partial charge in [0, 0.05) is 69.1 Å². The van der Waals surface area contributed by atoms with E-state index in [1.807, 2.05) is 27.3 Å². The molecule has 1 atom stereocenters. The zero-order chi connectivity index (χ0) is 31.5. The molecule has 4 aromatic heterocycles. The number of aliphatic hydroxyl groups excluding tert-OH is 2. The van der Waals surface area contributed by atoms with E-state index in [2.05, 4.69) is 34.1 Å². The van der Waals surface area contributed by atoms with Gasteiger partial charge in [0.25, 0.3) is 5.56 Å². The lowest BCUT2D eigenvalue weighted by Crippen LogP contribution is -2.35. The lowest BCUT2D eigenvalue weighted by atomic mass is 9.90. The van der Waals surface area contributed by atoms with Gasteiger partial charge in [-0.05, 0) is 47.6 Å². The van der Waals surface area contributed by atoms with Crippen molar-refractivity contribution in [1.82, 2.24) is 38.7 Å². The molecule has 2 aliphatic heterocycles. The highest BCUT2D eigenvalue weighted by Gasteiger charge is 2.32. The van der Waals surface area contributed by atoms with Crippen molar-refractivity contribution in [3.8, 4) is 5.82 Å². The van der Waals surface area contributed by atoms with E-state index in [4.69, 9.17) is 9.84 Å². The van der Waals surface area contributed by atoms with E-state index in [1.54, 1.807) is 43.8 Å². The highest BCUT2D eigenvalue weighted by Crippen LogP contribution is 2.37. The molecule has 0 spiro atoms. The first-order valence-corrected chi connectivity index (χ1v) is 15.2. The molecule has 1 aliphatic carbocycles. The number of anilines is 1. The Labute approximate surface area is 260 Å². The van der Waals surface area contributed by atoms with Gasteiger partial charge in [0.15, 0.2) is 17.9 Å². The summed E-state index contributed by atoms with van der Waals surface area (Å²) in [5, 5.41) is 34.2. The maximum absolute atomic E-state index is 13.7. The van der Waals surface area contributed by atoms with Crippen molar-refractivity contribution >= 4 is 16.9 Å². The zero-order valence-electron chi connectivity index (χ0n) is 26.1. The third-order valence-electron chi connectivity index (χ3n) is 9.02. The topological polar surface area (TPSA) is 138 Å². The fourth-order valence-corrected chi connectivity index (χ4v) is 6.78. The standard InChI is InChI=1S/C32H39N9O4/c1-32(2)14-20-12-26-31(44)41(34-19-39(26)27(20)15-32)29-24(18-42)23(5-6-33-29)21-11-25(30(43)37(3)16-21)35-28-13-22-17-38(9-10-45-4)7-8-40(22)36-28/h5-6,11-13,16,19,30,42-43H,7-10,14-15,17-18H2,1-4H3,(H,35,36). The number of aliphatic hydroxyl groups is 2. The molecule has 0 bridgehead atoms. The van der Waals surface area contributed by atoms with Crippen molar-refractivity contribution < 1.29 is 14.9 Å². The number of nitrogens with one attached hydrogen (secondary N) is 1.